The van der Waals surface area contributed by atoms with E-state index in [-0.39, 0.29) is 0 Å². The summed E-state index contributed by atoms with van der Waals surface area (Å²) in [5.41, 5.74) is 1.09. The molecule has 1 aromatic heterocycles. The van der Waals surface area contributed by atoms with Gasteiger partial charge in [-0.05, 0) is 30.4 Å². The number of hydrogen-bond donors (Lipinski definition) is 0. The number of anilines is 1. The maximum atomic E-state index is 5.75. The molecule has 2 nitrogen and oxygen atoms in total. The van der Waals surface area contributed by atoms with Crippen LogP contribution in [0.1, 0.15) is 31.7 Å². The Labute approximate surface area is 103 Å². The third kappa shape index (κ3) is 2.67. The molecular weight excluding hydrogens is 220 g/mol. The Morgan fingerprint density at radius 1 is 1.38 bits per heavy atom. The van der Waals surface area contributed by atoms with Crippen LogP contribution in [0.25, 0.3) is 0 Å². The molecule has 0 atom stereocenters. The van der Waals surface area contributed by atoms with Crippen molar-refractivity contribution in [3.8, 4) is 0 Å². The van der Waals surface area contributed by atoms with Gasteiger partial charge in [0.15, 0.2) is 0 Å². The van der Waals surface area contributed by atoms with Crippen molar-refractivity contribution in [2.45, 2.75) is 32.1 Å². The first-order valence-corrected chi connectivity index (χ1v) is 6.62. The Hall–Kier alpha value is -0.760. The Morgan fingerprint density at radius 3 is 2.62 bits per heavy atom. The van der Waals surface area contributed by atoms with Gasteiger partial charge in [-0.15, -0.1) is 11.6 Å². The largest absolute Gasteiger partial charge is 0.357 e. The minimum atomic E-state index is 0.547. The molecule has 0 radical (unpaired) electrons. The Bertz CT molecular complexity index is 315. The summed E-state index contributed by atoms with van der Waals surface area (Å²) in [5, 5.41) is 0. The van der Waals surface area contributed by atoms with Gasteiger partial charge in [0.1, 0.15) is 5.82 Å². The third-order valence-electron chi connectivity index (χ3n) is 3.48. The Morgan fingerprint density at radius 2 is 2.12 bits per heavy atom. The lowest BCUT2D eigenvalue weighted by Crippen LogP contribution is -2.33. The second-order valence-corrected chi connectivity index (χ2v) is 4.76. The lowest BCUT2D eigenvalue weighted by molar-refractivity contribution is 0.394. The first-order chi connectivity index (χ1) is 7.83. The molecule has 0 unspecified atom stereocenters. The van der Waals surface area contributed by atoms with Crippen LogP contribution in [0, 0.1) is 5.92 Å². The second kappa shape index (κ2) is 5.53. The van der Waals surface area contributed by atoms with Crippen LogP contribution in [-0.4, -0.2) is 18.1 Å². The predicted molar refractivity (Wildman–Crippen MR) is 69.0 cm³/mol. The number of rotatable bonds is 3. The first kappa shape index (κ1) is 11.7. The Balaban J connectivity index is 1.97. The van der Waals surface area contributed by atoms with E-state index in [1.165, 1.54) is 19.3 Å². The first-order valence-electron chi connectivity index (χ1n) is 6.09. The monoisotopic (exact) mass is 238 g/mol. The average Bonchev–Trinajstić information content (AvgIpc) is 2.39. The Kier molecular flexibility index (Phi) is 4.05. The van der Waals surface area contributed by atoms with Crippen LogP contribution in [0.4, 0.5) is 5.82 Å². The number of alkyl halides is 1. The molecule has 3 heteroatoms. The molecule has 2 rings (SSSR count). The molecule has 0 saturated carbocycles. The highest BCUT2D eigenvalue weighted by molar-refractivity contribution is 6.17. The predicted octanol–water partition coefficient (Wildman–Crippen LogP) is 3.45. The maximum absolute atomic E-state index is 5.75. The zero-order valence-corrected chi connectivity index (χ0v) is 10.6. The minimum Gasteiger partial charge on any atom is -0.357 e. The van der Waals surface area contributed by atoms with Crippen molar-refractivity contribution in [1.29, 1.82) is 0 Å². The lowest BCUT2D eigenvalue weighted by atomic mass is 9.94. The van der Waals surface area contributed by atoms with Crippen molar-refractivity contribution < 1.29 is 0 Å². The van der Waals surface area contributed by atoms with Crippen LogP contribution in [0.15, 0.2) is 18.3 Å². The summed E-state index contributed by atoms with van der Waals surface area (Å²) >= 11 is 5.75. The molecule has 0 aromatic carbocycles. The quantitative estimate of drug-likeness (QED) is 0.750. The number of piperidine rings is 1. The molecule has 2 heterocycles. The second-order valence-electron chi connectivity index (χ2n) is 4.50. The molecule has 1 aliphatic heterocycles. The molecule has 1 aliphatic rings. The minimum absolute atomic E-state index is 0.547. The molecule has 0 N–H and O–H groups in total. The maximum Gasteiger partial charge on any atom is 0.128 e. The van der Waals surface area contributed by atoms with Crippen molar-refractivity contribution in [1.82, 2.24) is 4.98 Å². The molecular formula is C13H19ClN2. The summed E-state index contributed by atoms with van der Waals surface area (Å²) in [4.78, 5) is 6.84. The molecule has 0 bridgehead atoms. The summed E-state index contributed by atoms with van der Waals surface area (Å²) < 4.78 is 0. The highest BCUT2D eigenvalue weighted by Crippen LogP contribution is 2.23. The lowest BCUT2D eigenvalue weighted by Gasteiger charge is -2.32. The highest BCUT2D eigenvalue weighted by atomic mass is 35.5. The summed E-state index contributed by atoms with van der Waals surface area (Å²) in [6.07, 6.45) is 5.80. The topological polar surface area (TPSA) is 16.1 Å². The molecule has 1 aromatic rings. The molecule has 1 fully saturated rings. The molecule has 0 amide bonds. The van der Waals surface area contributed by atoms with Gasteiger partial charge in [0.2, 0.25) is 0 Å². The average molecular weight is 239 g/mol. The van der Waals surface area contributed by atoms with Crippen LogP contribution in [0.2, 0.25) is 0 Å². The summed E-state index contributed by atoms with van der Waals surface area (Å²) in [6, 6.07) is 4.16. The fourth-order valence-corrected chi connectivity index (χ4v) is 2.41. The van der Waals surface area contributed by atoms with E-state index in [0.717, 1.165) is 30.4 Å². The smallest absolute Gasteiger partial charge is 0.128 e. The van der Waals surface area contributed by atoms with E-state index in [1.54, 1.807) is 0 Å². The number of hydrogen-bond acceptors (Lipinski definition) is 2. The van der Waals surface area contributed by atoms with Gasteiger partial charge < -0.3 is 4.90 Å². The van der Waals surface area contributed by atoms with E-state index >= 15 is 0 Å². The van der Waals surface area contributed by atoms with Crippen LogP contribution >= 0.6 is 11.6 Å². The molecule has 1 saturated heterocycles. The van der Waals surface area contributed by atoms with Crippen molar-refractivity contribution in [3.05, 3.63) is 23.9 Å². The van der Waals surface area contributed by atoms with Gasteiger partial charge in [0, 0.05) is 25.2 Å². The fraction of sp³-hybridized carbons (Fsp3) is 0.615. The standard InChI is InChI=1S/C13H19ClN2/c1-2-11-5-7-16(8-6-11)13-4-3-12(9-14)10-15-13/h3-4,10-11H,2,5-9H2,1H3. The van der Waals surface area contributed by atoms with Crippen LogP contribution in [0.3, 0.4) is 0 Å². The molecule has 0 aliphatic carbocycles. The summed E-state index contributed by atoms with van der Waals surface area (Å²) in [7, 11) is 0. The van der Waals surface area contributed by atoms with Gasteiger partial charge in [-0.2, -0.15) is 0 Å². The van der Waals surface area contributed by atoms with E-state index in [2.05, 4.69) is 28.9 Å². The van der Waals surface area contributed by atoms with Crippen LogP contribution in [-0.2, 0) is 5.88 Å². The van der Waals surface area contributed by atoms with Gasteiger partial charge in [-0.3, -0.25) is 0 Å². The van der Waals surface area contributed by atoms with E-state index in [0.29, 0.717) is 5.88 Å². The van der Waals surface area contributed by atoms with E-state index < -0.39 is 0 Å². The summed E-state index contributed by atoms with van der Waals surface area (Å²) in [5.74, 6) is 2.56. The molecule has 16 heavy (non-hydrogen) atoms. The van der Waals surface area contributed by atoms with Crippen molar-refractivity contribution in [3.63, 3.8) is 0 Å². The van der Waals surface area contributed by atoms with Crippen molar-refractivity contribution in [2.75, 3.05) is 18.0 Å². The van der Waals surface area contributed by atoms with E-state index in [1.807, 2.05) is 6.20 Å². The van der Waals surface area contributed by atoms with Gasteiger partial charge >= 0.3 is 0 Å². The zero-order chi connectivity index (χ0) is 11.4. The normalized spacial score (nSPS) is 17.8. The van der Waals surface area contributed by atoms with Gasteiger partial charge in [0.25, 0.3) is 0 Å². The zero-order valence-electron chi connectivity index (χ0n) is 9.82. The van der Waals surface area contributed by atoms with Crippen molar-refractivity contribution >= 4 is 17.4 Å². The van der Waals surface area contributed by atoms with Gasteiger partial charge in [-0.25, -0.2) is 4.98 Å². The van der Waals surface area contributed by atoms with Crippen LogP contribution < -0.4 is 4.90 Å². The molecule has 88 valence electrons. The van der Waals surface area contributed by atoms with Crippen molar-refractivity contribution in [2.24, 2.45) is 5.92 Å². The number of aromatic nitrogens is 1. The van der Waals surface area contributed by atoms with Crippen LogP contribution in [0.5, 0.6) is 0 Å². The highest BCUT2D eigenvalue weighted by Gasteiger charge is 2.18. The van der Waals surface area contributed by atoms with Gasteiger partial charge in [-0.1, -0.05) is 19.4 Å². The van der Waals surface area contributed by atoms with E-state index in [9.17, 15) is 0 Å². The van der Waals surface area contributed by atoms with Gasteiger partial charge in [0.05, 0.1) is 0 Å². The fourth-order valence-electron chi connectivity index (χ4n) is 2.25. The number of pyridine rings is 1. The third-order valence-corrected chi connectivity index (χ3v) is 3.79. The summed E-state index contributed by atoms with van der Waals surface area (Å²) in [6.45, 7) is 4.57. The number of nitrogens with zero attached hydrogens (tertiary/aromatic N) is 2. The molecule has 0 spiro atoms. The van der Waals surface area contributed by atoms with E-state index in [4.69, 9.17) is 11.6 Å². The SMILES string of the molecule is CCC1CCN(c2ccc(CCl)cn2)CC1. The number of halogens is 1.